The summed E-state index contributed by atoms with van der Waals surface area (Å²) in [4.78, 5) is 4.68. The van der Waals surface area contributed by atoms with Gasteiger partial charge in [0, 0.05) is 19.5 Å². The highest BCUT2D eigenvalue weighted by molar-refractivity contribution is 5.79. The van der Waals surface area contributed by atoms with E-state index in [1.54, 1.807) is 13.4 Å². The van der Waals surface area contributed by atoms with E-state index in [9.17, 15) is 0 Å². The van der Waals surface area contributed by atoms with E-state index in [0.717, 1.165) is 36.0 Å². The molecule has 0 saturated heterocycles. The molecule has 0 atom stereocenters. The van der Waals surface area contributed by atoms with Crippen molar-refractivity contribution in [1.82, 2.24) is 10.6 Å². The molecule has 0 fully saturated rings. The van der Waals surface area contributed by atoms with Gasteiger partial charge in [-0.25, -0.2) is 4.99 Å². The van der Waals surface area contributed by atoms with Crippen molar-refractivity contribution in [2.45, 2.75) is 19.6 Å². The summed E-state index contributed by atoms with van der Waals surface area (Å²) in [6.07, 6.45) is 2.49. The zero-order valence-corrected chi connectivity index (χ0v) is 17.3. The lowest BCUT2D eigenvalue weighted by atomic mass is 10.2. The van der Waals surface area contributed by atoms with Crippen LogP contribution >= 0.6 is 0 Å². The molecule has 3 rings (SSSR count). The average Bonchev–Trinajstić information content (AvgIpc) is 3.31. The molecule has 1 aromatic heterocycles. The fraction of sp³-hybridized carbons (Fsp3) is 0.292. The fourth-order valence-corrected chi connectivity index (χ4v) is 2.84. The smallest absolute Gasteiger partial charge is 0.191 e. The van der Waals surface area contributed by atoms with Gasteiger partial charge in [0.1, 0.15) is 11.5 Å². The molecular weight excluding hydrogens is 378 g/mol. The number of nitrogens with zero attached hydrogens (tertiary/aromatic N) is 1. The summed E-state index contributed by atoms with van der Waals surface area (Å²) < 4.78 is 16.3. The molecule has 1 heterocycles. The molecule has 0 saturated carbocycles. The summed E-state index contributed by atoms with van der Waals surface area (Å²) >= 11 is 0. The van der Waals surface area contributed by atoms with Crippen molar-refractivity contribution in [2.24, 2.45) is 4.99 Å². The van der Waals surface area contributed by atoms with E-state index in [0.29, 0.717) is 26.3 Å². The second-order valence-electron chi connectivity index (χ2n) is 6.73. The lowest BCUT2D eigenvalue weighted by Crippen LogP contribution is -2.40. The highest BCUT2D eigenvalue weighted by Gasteiger charge is 2.01. The first-order chi connectivity index (χ1) is 14.8. The second kappa shape index (κ2) is 12.3. The van der Waals surface area contributed by atoms with E-state index < -0.39 is 0 Å². The Morgan fingerprint density at radius 1 is 0.900 bits per heavy atom. The topological polar surface area (TPSA) is 68.0 Å². The Balaban J connectivity index is 1.43. The second-order valence-corrected chi connectivity index (χ2v) is 6.73. The van der Waals surface area contributed by atoms with Crippen molar-refractivity contribution in [2.75, 3.05) is 26.8 Å². The van der Waals surface area contributed by atoms with Crippen molar-refractivity contribution in [3.63, 3.8) is 0 Å². The number of hydrogen-bond donors (Lipinski definition) is 2. The van der Waals surface area contributed by atoms with Crippen LogP contribution in [-0.4, -0.2) is 32.8 Å². The normalized spacial score (nSPS) is 11.3. The van der Waals surface area contributed by atoms with Crippen LogP contribution in [0.3, 0.4) is 0 Å². The molecule has 6 nitrogen and oxygen atoms in total. The van der Waals surface area contributed by atoms with Crippen LogP contribution in [0.4, 0.5) is 0 Å². The lowest BCUT2D eigenvalue weighted by molar-refractivity contribution is 0.125. The van der Waals surface area contributed by atoms with Crippen molar-refractivity contribution >= 4 is 5.96 Å². The summed E-state index contributed by atoms with van der Waals surface area (Å²) in [6.45, 7) is 3.16. The Morgan fingerprint density at radius 2 is 1.70 bits per heavy atom. The van der Waals surface area contributed by atoms with Gasteiger partial charge < -0.3 is 24.5 Å². The van der Waals surface area contributed by atoms with E-state index in [1.807, 2.05) is 54.6 Å². The zero-order chi connectivity index (χ0) is 20.9. The molecule has 0 spiro atoms. The quantitative estimate of drug-likeness (QED) is 0.288. The third kappa shape index (κ3) is 7.64. The first-order valence-electron chi connectivity index (χ1n) is 10.1. The number of aliphatic imine (C=N–C) groups is 1. The number of rotatable bonds is 11. The monoisotopic (exact) mass is 407 g/mol. The number of nitrogens with one attached hydrogen (secondary N) is 2. The molecule has 6 heteroatoms. The number of ether oxygens (including phenoxy) is 2. The summed E-state index contributed by atoms with van der Waals surface area (Å²) in [5, 5.41) is 6.70. The van der Waals surface area contributed by atoms with E-state index >= 15 is 0 Å². The Labute approximate surface area is 177 Å². The van der Waals surface area contributed by atoms with Gasteiger partial charge in [-0.3, -0.25) is 0 Å². The highest BCUT2D eigenvalue weighted by atomic mass is 16.5. The molecule has 0 amide bonds. The van der Waals surface area contributed by atoms with Crippen LogP contribution in [0.1, 0.15) is 16.9 Å². The van der Waals surface area contributed by atoms with E-state index in [1.165, 1.54) is 5.56 Å². The minimum absolute atomic E-state index is 0.564. The molecule has 3 aromatic rings. The minimum atomic E-state index is 0.564. The maximum Gasteiger partial charge on any atom is 0.191 e. The van der Waals surface area contributed by atoms with Gasteiger partial charge in [-0.05, 0) is 35.4 Å². The zero-order valence-electron chi connectivity index (χ0n) is 17.3. The summed E-state index contributed by atoms with van der Waals surface area (Å²) in [6, 6.07) is 22.0. The maximum absolute atomic E-state index is 5.77. The average molecular weight is 408 g/mol. The van der Waals surface area contributed by atoms with E-state index in [4.69, 9.17) is 13.9 Å². The Hall–Kier alpha value is -3.25. The summed E-state index contributed by atoms with van der Waals surface area (Å²) in [5.74, 6) is 2.56. The van der Waals surface area contributed by atoms with Gasteiger partial charge in [0.05, 0.1) is 33.1 Å². The van der Waals surface area contributed by atoms with Gasteiger partial charge in [0.25, 0.3) is 0 Å². The van der Waals surface area contributed by atoms with Crippen molar-refractivity contribution in [3.8, 4) is 5.75 Å². The first kappa shape index (κ1) is 21.5. The number of hydrogen-bond acceptors (Lipinski definition) is 4. The number of methoxy groups -OCH3 is 1. The van der Waals surface area contributed by atoms with Crippen molar-refractivity contribution < 1.29 is 13.9 Å². The molecule has 2 aromatic carbocycles. The predicted octanol–water partition coefficient (Wildman–Crippen LogP) is 3.78. The summed E-state index contributed by atoms with van der Waals surface area (Å²) in [7, 11) is 1.66. The molecule has 2 N–H and O–H groups in total. The molecule has 0 unspecified atom stereocenters. The van der Waals surface area contributed by atoms with Crippen molar-refractivity contribution in [1.29, 1.82) is 0 Å². The Bertz CT molecular complexity index is 862. The molecule has 0 radical (unpaired) electrons. The van der Waals surface area contributed by atoms with Crippen LogP contribution in [0, 0.1) is 0 Å². The third-order valence-corrected chi connectivity index (χ3v) is 4.47. The maximum atomic E-state index is 5.77. The van der Waals surface area contributed by atoms with Crippen LogP contribution in [-0.2, 0) is 24.3 Å². The Kier molecular flexibility index (Phi) is 8.83. The SMILES string of the molecule is COc1ccc(COCCNC(=NCc2ccccc2)NCCc2ccco2)cc1. The lowest BCUT2D eigenvalue weighted by Gasteiger charge is -2.13. The molecule has 0 aliphatic heterocycles. The largest absolute Gasteiger partial charge is 0.497 e. The van der Waals surface area contributed by atoms with Crippen LogP contribution in [0.2, 0.25) is 0 Å². The van der Waals surface area contributed by atoms with Gasteiger partial charge in [-0.1, -0.05) is 42.5 Å². The highest BCUT2D eigenvalue weighted by Crippen LogP contribution is 2.11. The standard InChI is InChI=1S/C24H29N3O3/c1-28-22-11-9-21(10-12-22)19-29-17-15-26-24(25-14-13-23-8-5-16-30-23)27-18-20-6-3-2-4-7-20/h2-12,16H,13-15,17-19H2,1H3,(H2,25,26,27). The van der Waals surface area contributed by atoms with Gasteiger partial charge in [-0.2, -0.15) is 0 Å². The molecule has 30 heavy (non-hydrogen) atoms. The van der Waals surface area contributed by atoms with Crippen LogP contribution in [0.25, 0.3) is 0 Å². The fourth-order valence-electron chi connectivity index (χ4n) is 2.84. The number of benzene rings is 2. The predicted molar refractivity (Wildman–Crippen MR) is 119 cm³/mol. The molecule has 0 bridgehead atoms. The number of furan rings is 1. The third-order valence-electron chi connectivity index (χ3n) is 4.47. The van der Waals surface area contributed by atoms with Gasteiger partial charge in [0.2, 0.25) is 0 Å². The van der Waals surface area contributed by atoms with E-state index in [-0.39, 0.29) is 0 Å². The Morgan fingerprint density at radius 3 is 2.43 bits per heavy atom. The first-order valence-corrected chi connectivity index (χ1v) is 10.1. The summed E-state index contributed by atoms with van der Waals surface area (Å²) in [5.41, 5.74) is 2.28. The van der Waals surface area contributed by atoms with Gasteiger partial charge >= 0.3 is 0 Å². The van der Waals surface area contributed by atoms with Crippen molar-refractivity contribution in [3.05, 3.63) is 89.9 Å². The minimum Gasteiger partial charge on any atom is -0.497 e. The van der Waals surface area contributed by atoms with Gasteiger partial charge in [0.15, 0.2) is 5.96 Å². The number of guanidine groups is 1. The molecular formula is C24H29N3O3. The molecule has 0 aliphatic rings. The molecule has 158 valence electrons. The van der Waals surface area contributed by atoms with Crippen LogP contribution in [0.15, 0.2) is 82.4 Å². The molecule has 0 aliphatic carbocycles. The van der Waals surface area contributed by atoms with Crippen LogP contribution < -0.4 is 15.4 Å². The van der Waals surface area contributed by atoms with Gasteiger partial charge in [-0.15, -0.1) is 0 Å². The van der Waals surface area contributed by atoms with E-state index in [2.05, 4.69) is 27.8 Å². The van der Waals surface area contributed by atoms with Crippen LogP contribution in [0.5, 0.6) is 5.75 Å².